The summed E-state index contributed by atoms with van der Waals surface area (Å²) in [4.78, 5) is 15.7. The third-order valence-corrected chi connectivity index (χ3v) is 7.17. The summed E-state index contributed by atoms with van der Waals surface area (Å²) < 4.78 is 2.03. The molecule has 0 atom stereocenters. The Balaban J connectivity index is 1.25. The Hall–Kier alpha value is -2.84. The van der Waals surface area contributed by atoms with Crippen molar-refractivity contribution in [1.29, 1.82) is 0 Å². The summed E-state index contributed by atoms with van der Waals surface area (Å²) >= 11 is 2.95. The minimum absolute atomic E-state index is 0.0530. The summed E-state index contributed by atoms with van der Waals surface area (Å²) in [6.45, 7) is 4.30. The van der Waals surface area contributed by atoms with Gasteiger partial charge in [-0.25, -0.2) is 0 Å². The lowest BCUT2D eigenvalue weighted by Crippen LogP contribution is -2.18. The molecule has 0 bridgehead atoms. The number of nitrogens with zero attached hydrogens (tertiary/aromatic N) is 4. The zero-order valence-corrected chi connectivity index (χ0v) is 18.9. The summed E-state index contributed by atoms with van der Waals surface area (Å²) in [6, 6.07) is 16.5. The van der Waals surface area contributed by atoms with Gasteiger partial charge < -0.3 is 10.2 Å². The molecule has 158 valence electrons. The molecule has 1 N–H and O–H groups in total. The molecule has 3 heterocycles. The van der Waals surface area contributed by atoms with Crippen molar-refractivity contribution in [1.82, 2.24) is 14.6 Å². The number of thiazole rings is 1. The fourth-order valence-corrected chi connectivity index (χ4v) is 5.41. The van der Waals surface area contributed by atoms with Crippen molar-refractivity contribution >= 4 is 45.3 Å². The van der Waals surface area contributed by atoms with Crippen molar-refractivity contribution in [2.75, 3.05) is 29.1 Å². The molecule has 0 saturated carbocycles. The van der Waals surface area contributed by atoms with Crippen LogP contribution in [-0.2, 0) is 4.79 Å². The number of nitrogens with one attached hydrogen (secondary N) is 1. The van der Waals surface area contributed by atoms with Gasteiger partial charge >= 0.3 is 0 Å². The van der Waals surface area contributed by atoms with Crippen LogP contribution in [-0.4, -0.2) is 39.3 Å². The van der Waals surface area contributed by atoms with Crippen molar-refractivity contribution in [3.8, 4) is 11.3 Å². The molecule has 1 amide bonds. The van der Waals surface area contributed by atoms with E-state index >= 15 is 0 Å². The molecule has 6 nitrogen and oxygen atoms in total. The SMILES string of the molecule is Cc1ccc(-c2csc3nnc(SCC(=O)Nc4ccc(N5CCCC5)cc4)n23)cc1. The highest BCUT2D eigenvalue weighted by Crippen LogP contribution is 2.30. The molecular formula is C23H23N5OS2. The highest BCUT2D eigenvalue weighted by atomic mass is 32.2. The first-order chi connectivity index (χ1) is 15.2. The van der Waals surface area contributed by atoms with E-state index in [2.05, 4.69) is 69.1 Å². The van der Waals surface area contributed by atoms with Crippen LogP contribution in [0.4, 0.5) is 11.4 Å². The molecule has 5 rings (SSSR count). The number of carbonyl (C=O) groups is 1. The molecule has 0 unspecified atom stereocenters. The molecular weight excluding hydrogens is 426 g/mol. The van der Waals surface area contributed by atoms with Crippen molar-refractivity contribution in [3.63, 3.8) is 0 Å². The average Bonchev–Trinajstić information content (AvgIpc) is 3.52. The van der Waals surface area contributed by atoms with Crippen molar-refractivity contribution in [3.05, 3.63) is 59.5 Å². The van der Waals surface area contributed by atoms with Gasteiger partial charge in [0.1, 0.15) is 0 Å². The van der Waals surface area contributed by atoms with Crippen LogP contribution in [0.2, 0.25) is 0 Å². The van der Waals surface area contributed by atoms with E-state index in [0.717, 1.165) is 40.2 Å². The van der Waals surface area contributed by atoms with Gasteiger partial charge in [-0.3, -0.25) is 9.20 Å². The van der Waals surface area contributed by atoms with Gasteiger partial charge in [0.2, 0.25) is 10.9 Å². The van der Waals surface area contributed by atoms with E-state index in [1.807, 2.05) is 16.5 Å². The second kappa shape index (κ2) is 8.72. The van der Waals surface area contributed by atoms with Crippen LogP contribution in [0.25, 0.3) is 16.2 Å². The fraction of sp³-hybridized carbons (Fsp3) is 0.261. The molecule has 2 aromatic carbocycles. The Morgan fingerprint density at radius 2 is 1.81 bits per heavy atom. The first-order valence-electron chi connectivity index (χ1n) is 10.3. The van der Waals surface area contributed by atoms with Gasteiger partial charge in [0.05, 0.1) is 11.4 Å². The summed E-state index contributed by atoms with van der Waals surface area (Å²) in [5.74, 6) is 0.223. The molecule has 1 saturated heterocycles. The first kappa shape index (κ1) is 20.1. The zero-order chi connectivity index (χ0) is 21.2. The van der Waals surface area contributed by atoms with Gasteiger partial charge in [0.25, 0.3) is 0 Å². The average molecular weight is 450 g/mol. The van der Waals surface area contributed by atoms with E-state index < -0.39 is 0 Å². The Morgan fingerprint density at radius 3 is 2.55 bits per heavy atom. The molecule has 1 fully saturated rings. The number of hydrogen-bond donors (Lipinski definition) is 1. The lowest BCUT2D eigenvalue weighted by atomic mass is 10.1. The maximum absolute atomic E-state index is 12.5. The largest absolute Gasteiger partial charge is 0.372 e. The highest BCUT2D eigenvalue weighted by molar-refractivity contribution is 7.99. The summed E-state index contributed by atoms with van der Waals surface area (Å²) in [5, 5.41) is 14.4. The maximum Gasteiger partial charge on any atom is 0.234 e. The van der Waals surface area contributed by atoms with Crippen LogP contribution in [0, 0.1) is 6.92 Å². The number of aryl methyl sites for hydroxylation is 1. The highest BCUT2D eigenvalue weighted by Gasteiger charge is 2.16. The topological polar surface area (TPSA) is 62.5 Å². The van der Waals surface area contributed by atoms with E-state index in [-0.39, 0.29) is 11.7 Å². The minimum atomic E-state index is -0.0530. The van der Waals surface area contributed by atoms with Gasteiger partial charge in [0, 0.05) is 29.8 Å². The number of carbonyl (C=O) groups excluding carboxylic acids is 1. The maximum atomic E-state index is 12.5. The normalized spacial score (nSPS) is 13.8. The number of anilines is 2. The van der Waals surface area contributed by atoms with Crippen LogP contribution >= 0.6 is 23.1 Å². The smallest absolute Gasteiger partial charge is 0.234 e. The Morgan fingerprint density at radius 1 is 1.06 bits per heavy atom. The summed E-state index contributed by atoms with van der Waals surface area (Å²) in [6.07, 6.45) is 2.50. The summed E-state index contributed by atoms with van der Waals surface area (Å²) in [7, 11) is 0. The number of rotatable bonds is 6. The number of thioether (sulfide) groups is 1. The quantitative estimate of drug-likeness (QED) is 0.415. The number of fused-ring (bicyclic) bond motifs is 1. The second-order valence-corrected chi connectivity index (χ2v) is 9.44. The third kappa shape index (κ3) is 4.31. The lowest BCUT2D eigenvalue weighted by molar-refractivity contribution is -0.113. The van der Waals surface area contributed by atoms with E-state index in [4.69, 9.17) is 0 Å². The molecule has 0 spiro atoms. The van der Waals surface area contributed by atoms with Gasteiger partial charge in [-0.05, 0) is 49.6 Å². The van der Waals surface area contributed by atoms with E-state index in [0.29, 0.717) is 0 Å². The lowest BCUT2D eigenvalue weighted by Gasteiger charge is -2.17. The van der Waals surface area contributed by atoms with Crippen molar-refractivity contribution < 1.29 is 4.79 Å². The molecule has 1 aliphatic heterocycles. The second-order valence-electron chi connectivity index (χ2n) is 7.67. The third-order valence-electron chi connectivity index (χ3n) is 5.42. The first-order valence-corrected chi connectivity index (χ1v) is 12.2. The molecule has 0 aliphatic carbocycles. The predicted molar refractivity (Wildman–Crippen MR) is 128 cm³/mol. The van der Waals surface area contributed by atoms with Gasteiger partial charge in [-0.2, -0.15) is 0 Å². The minimum Gasteiger partial charge on any atom is -0.372 e. The van der Waals surface area contributed by atoms with Crippen LogP contribution in [0.1, 0.15) is 18.4 Å². The molecule has 1 aliphatic rings. The number of aromatic nitrogens is 3. The van der Waals surface area contributed by atoms with Crippen molar-refractivity contribution in [2.24, 2.45) is 0 Å². The van der Waals surface area contributed by atoms with Crippen LogP contribution in [0.15, 0.2) is 59.1 Å². The van der Waals surface area contributed by atoms with Gasteiger partial charge in [-0.1, -0.05) is 41.6 Å². The number of hydrogen-bond acceptors (Lipinski definition) is 6. The zero-order valence-electron chi connectivity index (χ0n) is 17.2. The molecule has 8 heteroatoms. The Bertz CT molecular complexity index is 1190. The number of amides is 1. The fourth-order valence-electron chi connectivity index (χ4n) is 3.77. The molecule has 2 aromatic heterocycles. The van der Waals surface area contributed by atoms with Crippen LogP contribution in [0.3, 0.4) is 0 Å². The standard InChI is InChI=1S/C23H23N5OS2/c1-16-4-6-17(7-5-16)20-14-30-22-25-26-23(28(20)22)31-15-21(29)24-18-8-10-19(11-9-18)27-12-2-3-13-27/h4-11,14H,2-3,12-13,15H2,1H3,(H,24,29). The van der Waals surface area contributed by atoms with E-state index in [1.54, 1.807) is 11.3 Å². The van der Waals surface area contributed by atoms with Crippen molar-refractivity contribution in [2.45, 2.75) is 24.9 Å². The molecule has 31 heavy (non-hydrogen) atoms. The van der Waals surface area contributed by atoms with Gasteiger partial charge in [0.15, 0.2) is 5.16 Å². The monoisotopic (exact) mass is 449 g/mol. The van der Waals surface area contributed by atoms with E-state index in [1.165, 1.54) is 35.9 Å². The van der Waals surface area contributed by atoms with Crippen LogP contribution < -0.4 is 10.2 Å². The Labute approximate surface area is 189 Å². The Kier molecular flexibility index (Phi) is 5.65. The summed E-state index contributed by atoms with van der Waals surface area (Å²) in [5.41, 5.74) is 5.41. The number of benzene rings is 2. The molecule has 4 aromatic rings. The molecule has 0 radical (unpaired) electrons. The van der Waals surface area contributed by atoms with Crippen LogP contribution in [0.5, 0.6) is 0 Å². The van der Waals surface area contributed by atoms with Gasteiger partial charge in [-0.15, -0.1) is 21.5 Å². The van der Waals surface area contributed by atoms with E-state index in [9.17, 15) is 4.79 Å². The predicted octanol–water partition coefficient (Wildman–Crippen LogP) is 5.10.